The minimum Gasteiger partial charge on any atom is -0.497 e. The van der Waals surface area contributed by atoms with Gasteiger partial charge in [0.05, 0.1) is 48.3 Å². The third-order valence-corrected chi connectivity index (χ3v) is 8.21. The number of aryl methyl sites for hydroxylation is 1. The van der Waals surface area contributed by atoms with Crippen LogP contribution >= 0.6 is 11.3 Å². The van der Waals surface area contributed by atoms with Crippen molar-refractivity contribution in [1.29, 1.82) is 0 Å². The summed E-state index contributed by atoms with van der Waals surface area (Å²) >= 11 is 1.19. The largest absolute Gasteiger partial charge is 0.497 e. The first-order chi connectivity index (χ1) is 21.6. The lowest BCUT2D eigenvalue weighted by molar-refractivity contribution is -0.139. The monoisotopic (exact) mass is 630 g/mol. The first kappa shape index (κ1) is 31.5. The molecule has 0 saturated carbocycles. The summed E-state index contributed by atoms with van der Waals surface area (Å²) in [6.07, 6.45) is 1.44. The number of esters is 2. The highest BCUT2D eigenvalue weighted by Gasteiger charge is 2.35. The zero-order chi connectivity index (χ0) is 32.4. The van der Waals surface area contributed by atoms with E-state index in [1.165, 1.54) is 23.0 Å². The van der Waals surface area contributed by atoms with E-state index in [9.17, 15) is 14.4 Å². The first-order valence-electron chi connectivity index (χ1n) is 14.4. The number of hydrogen-bond acceptors (Lipinski definition) is 10. The van der Waals surface area contributed by atoms with Gasteiger partial charge in [-0.3, -0.25) is 9.36 Å². The van der Waals surface area contributed by atoms with Crippen molar-refractivity contribution in [1.82, 2.24) is 4.57 Å². The molecule has 1 aliphatic rings. The molecule has 5 rings (SSSR count). The predicted octanol–water partition coefficient (Wildman–Crippen LogP) is 4.95. The van der Waals surface area contributed by atoms with Gasteiger partial charge in [-0.1, -0.05) is 17.4 Å². The maximum absolute atomic E-state index is 14.0. The number of carbonyl (C=O) groups excluding carboxylic acids is 2. The molecule has 45 heavy (non-hydrogen) atoms. The van der Waals surface area contributed by atoms with Crippen LogP contribution in [0.1, 0.15) is 61.0 Å². The third kappa shape index (κ3) is 6.21. The Bertz CT molecular complexity index is 2000. The Labute approximate surface area is 263 Å². The zero-order valence-corrected chi connectivity index (χ0v) is 26.9. The quantitative estimate of drug-likeness (QED) is 0.239. The Kier molecular flexibility index (Phi) is 9.10. The van der Waals surface area contributed by atoms with Gasteiger partial charge in [0.1, 0.15) is 29.1 Å². The molecular weight excluding hydrogens is 596 g/mol. The van der Waals surface area contributed by atoms with Crippen molar-refractivity contribution in [3.63, 3.8) is 0 Å². The number of fused-ring (bicyclic) bond motifs is 1. The van der Waals surface area contributed by atoms with E-state index in [1.807, 2.05) is 19.1 Å². The van der Waals surface area contributed by atoms with Gasteiger partial charge < -0.3 is 23.4 Å². The first-order valence-corrected chi connectivity index (χ1v) is 15.2. The molecule has 10 nitrogen and oxygen atoms in total. The van der Waals surface area contributed by atoms with Crippen LogP contribution in [0.2, 0.25) is 0 Å². The predicted molar refractivity (Wildman–Crippen MR) is 169 cm³/mol. The lowest BCUT2D eigenvalue weighted by Gasteiger charge is -2.26. The maximum atomic E-state index is 14.0. The van der Waals surface area contributed by atoms with Gasteiger partial charge in [-0.2, -0.15) is 0 Å². The fourth-order valence-electron chi connectivity index (χ4n) is 5.18. The molecule has 2 aromatic carbocycles. The van der Waals surface area contributed by atoms with E-state index < -0.39 is 12.0 Å². The van der Waals surface area contributed by atoms with Crippen molar-refractivity contribution in [3.05, 3.63) is 102 Å². The molecule has 0 unspecified atom stereocenters. The number of aromatic nitrogens is 1. The zero-order valence-electron chi connectivity index (χ0n) is 26.1. The molecule has 11 heteroatoms. The van der Waals surface area contributed by atoms with Crippen molar-refractivity contribution in [2.45, 2.75) is 46.8 Å². The van der Waals surface area contributed by atoms with E-state index in [-0.39, 0.29) is 29.8 Å². The maximum Gasteiger partial charge on any atom is 0.338 e. The highest BCUT2D eigenvalue weighted by Crippen LogP contribution is 2.37. The normalized spacial score (nSPS) is 14.7. The van der Waals surface area contributed by atoms with Crippen LogP contribution in [0.5, 0.6) is 11.5 Å². The fraction of sp³-hybridized carbons (Fsp3) is 0.294. The number of nitrogens with zero attached hydrogens (tertiary/aromatic N) is 2. The Morgan fingerprint density at radius 1 is 1.04 bits per heavy atom. The average molecular weight is 631 g/mol. The number of hydrogen-bond donors (Lipinski definition) is 0. The number of ether oxygens (including phenoxy) is 4. The van der Waals surface area contributed by atoms with Gasteiger partial charge >= 0.3 is 11.9 Å². The molecule has 0 amide bonds. The average Bonchev–Trinajstić information content (AvgIpc) is 3.59. The summed E-state index contributed by atoms with van der Waals surface area (Å²) in [7, 11) is 3.07. The van der Waals surface area contributed by atoms with Crippen LogP contribution in [0.4, 0.5) is 0 Å². The number of benzene rings is 2. The van der Waals surface area contributed by atoms with E-state index >= 15 is 0 Å². The molecular formula is C34H34N2O8S. The summed E-state index contributed by atoms with van der Waals surface area (Å²) < 4.78 is 29.7. The molecule has 0 N–H and O–H groups in total. The fourth-order valence-corrected chi connectivity index (χ4v) is 6.21. The Hall–Kier alpha value is -4.90. The molecule has 2 aromatic heterocycles. The molecule has 1 atom stereocenters. The second-order valence-corrected chi connectivity index (χ2v) is 11.6. The van der Waals surface area contributed by atoms with Gasteiger partial charge in [0.25, 0.3) is 5.56 Å². The summed E-state index contributed by atoms with van der Waals surface area (Å²) in [5.41, 5.74) is 3.02. The van der Waals surface area contributed by atoms with E-state index in [0.29, 0.717) is 49.2 Å². The number of thiazole rings is 1. The highest BCUT2D eigenvalue weighted by atomic mass is 32.1. The van der Waals surface area contributed by atoms with Crippen molar-refractivity contribution in [3.8, 4) is 22.8 Å². The van der Waals surface area contributed by atoms with Gasteiger partial charge in [-0.15, -0.1) is 0 Å². The number of methoxy groups -OCH3 is 2. The standard InChI is InChI=1S/C34H34N2O8S/c1-8-42-33(39)29-20(5)35-34-36(30(29)25-13-10-22(40-6)16-27(25)41-7)31(37)28(45-34)17-23-11-14-26(44-23)24-12-9-21(15-19(24)4)32(38)43-18(2)3/h9-18,30H,8H2,1-7H3/b28-17+/t30-/m1/s1. The molecule has 234 valence electrons. The van der Waals surface area contributed by atoms with Crippen LogP contribution in [-0.4, -0.2) is 43.4 Å². The Morgan fingerprint density at radius 3 is 2.49 bits per heavy atom. The van der Waals surface area contributed by atoms with Gasteiger partial charge in [-0.25, -0.2) is 14.6 Å². The third-order valence-electron chi connectivity index (χ3n) is 7.22. The second-order valence-electron chi connectivity index (χ2n) is 10.6. The summed E-state index contributed by atoms with van der Waals surface area (Å²) in [5.74, 6) is 1.09. The molecule has 4 aromatic rings. The number of carbonyl (C=O) groups is 2. The minimum absolute atomic E-state index is 0.164. The number of allylic oxidation sites excluding steroid dienone is 1. The molecule has 1 aliphatic heterocycles. The van der Waals surface area contributed by atoms with Crippen LogP contribution in [0.25, 0.3) is 17.4 Å². The SMILES string of the molecule is CCOC(=O)C1=C(C)N=c2s/c(=C/c3ccc(-c4ccc(C(=O)OC(C)C)cc4C)o3)c(=O)n2[C@@H]1c1ccc(OC)cc1OC. The molecule has 0 fully saturated rings. The Morgan fingerprint density at radius 2 is 1.82 bits per heavy atom. The van der Waals surface area contributed by atoms with E-state index in [2.05, 4.69) is 4.99 Å². The summed E-state index contributed by atoms with van der Waals surface area (Å²) in [5, 5.41) is 0. The van der Waals surface area contributed by atoms with Crippen LogP contribution in [-0.2, 0) is 14.3 Å². The number of rotatable bonds is 9. The molecule has 0 bridgehead atoms. The van der Waals surface area contributed by atoms with E-state index in [4.69, 9.17) is 23.4 Å². The van der Waals surface area contributed by atoms with Crippen molar-refractivity contribution in [2.24, 2.45) is 4.99 Å². The highest BCUT2D eigenvalue weighted by molar-refractivity contribution is 7.07. The summed E-state index contributed by atoms with van der Waals surface area (Å²) in [4.78, 5) is 44.6. The van der Waals surface area contributed by atoms with Gasteiger partial charge in [-0.05, 0) is 76.6 Å². The molecule has 0 saturated heterocycles. The van der Waals surface area contributed by atoms with Crippen molar-refractivity contribution in [2.75, 3.05) is 20.8 Å². The van der Waals surface area contributed by atoms with Crippen molar-refractivity contribution >= 4 is 29.4 Å². The summed E-state index contributed by atoms with van der Waals surface area (Å²) in [6.45, 7) is 9.10. The topological polar surface area (TPSA) is 119 Å². The smallest absolute Gasteiger partial charge is 0.338 e. The molecule has 0 spiro atoms. The van der Waals surface area contributed by atoms with E-state index in [0.717, 1.165) is 11.1 Å². The lowest BCUT2D eigenvalue weighted by Crippen LogP contribution is -2.40. The van der Waals surface area contributed by atoms with Gasteiger partial charge in [0.2, 0.25) is 0 Å². The van der Waals surface area contributed by atoms with Crippen LogP contribution in [0.3, 0.4) is 0 Å². The second kappa shape index (κ2) is 13.0. The number of furan rings is 1. The Balaban J connectivity index is 1.58. The minimum atomic E-state index is -0.848. The van der Waals surface area contributed by atoms with Gasteiger partial charge in [0.15, 0.2) is 4.80 Å². The molecule has 0 radical (unpaired) electrons. The van der Waals surface area contributed by atoms with Crippen molar-refractivity contribution < 1.29 is 33.0 Å². The van der Waals surface area contributed by atoms with Gasteiger partial charge in [0, 0.05) is 23.3 Å². The summed E-state index contributed by atoms with van der Waals surface area (Å²) in [6, 6.07) is 13.2. The lowest BCUT2D eigenvalue weighted by atomic mass is 9.95. The molecule has 3 heterocycles. The van der Waals surface area contributed by atoms with Crippen LogP contribution < -0.4 is 24.4 Å². The molecule has 0 aliphatic carbocycles. The van der Waals surface area contributed by atoms with E-state index in [1.54, 1.807) is 77.3 Å². The van der Waals surface area contributed by atoms with Crippen LogP contribution in [0, 0.1) is 6.92 Å². The van der Waals surface area contributed by atoms with Crippen LogP contribution in [0.15, 0.2) is 74.0 Å².